The molecule has 0 saturated carbocycles. The van der Waals surface area contributed by atoms with Gasteiger partial charge >= 0.3 is 0 Å². The number of nitrogens with one attached hydrogen (secondary N) is 1. The monoisotopic (exact) mass is 275 g/mol. The fraction of sp³-hybridized carbons (Fsp3) is 0.588. The Kier molecular flexibility index (Phi) is 4.81. The van der Waals surface area contributed by atoms with Crippen molar-refractivity contribution in [3.05, 3.63) is 28.8 Å². The van der Waals surface area contributed by atoms with Crippen LogP contribution in [0.25, 0.3) is 0 Å². The minimum Gasteiger partial charge on any atom is -0.360 e. The number of carbonyl (C=O) groups excluding carboxylic acids is 1. The standard InChI is InChI=1S/C17H26N2O/c1-5-15(4)18-6-8-19(9-7-18)17-11-13(2)16(12-20)10-14(17)3/h10-12,15H,5-9H2,1-4H3/p+1/t15-/m0/s1. The van der Waals surface area contributed by atoms with Gasteiger partial charge in [0.25, 0.3) is 0 Å². The Morgan fingerprint density at radius 3 is 2.45 bits per heavy atom. The maximum absolute atomic E-state index is 11.0. The Morgan fingerprint density at radius 1 is 1.25 bits per heavy atom. The SMILES string of the molecule is CC[C@H](C)[NH+]1CCN(c2cc(C)c(C=O)cc2C)CC1. The summed E-state index contributed by atoms with van der Waals surface area (Å²) < 4.78 is 0. The molecule has 0 amide bonds. The Balaban J connectivity index is 2.11. The zero-order valence-electron chi connectivity index (χ0n) is 13.2. The lowest BCUT2D eigenvalue weighted by Gasteiger charge is -2.37. The first-order valence-corrected chi connectivity index (χ1v) is 7.72. The predicted molar refractivity (Wildman–Crippen MR) is 84.0 cm³/mol. The van der Waals surface area contributed by atoms with E-state index in [0.29, 0.717) is 0 Å². The van der Waals surface area contributed by atoms with Crippen LogP contribution in [0, 0.1) is 13.8 Å². The minimum absolute atomic E-state index is 0.762. The van der Waals surface area contributed by atoms with Crippen molar-refractivity contribution >= 4 is 12.0 Å². The minimum atomic E-state index is 0.762. The van der Waals surface area contributed by atoms with Crippen molar-refractivity contribution in [3.63, 3.8) is 0 Å². The third kappa shape index (κ3) is 3.04. The number of hydrogen-bond acceptors (Lipinski definition) is 2. The highest BCUT2D eigenvalue weighted by Gasteiger charge is 2.24. The average molecular weight is 275 g/mol. The van der Waals surface area contributed by atoms with E-state index in [9.17, 15) is 4.79 Å². The van der Waals surface area contributed by atoms with Crippen molar-refractivity contribution in [2.45, 2.75) is 40.2 Å². The van der Waals surface area contributed by atoms with Crippen LogP contribution in [0.5, 0.6) is 0 Å². The third-order valence-corrected chi connectivity index (χ3v) is 4.77. The zero-order chi connectivity index (χ0) is 14.7. The maximum atomic E-state index is 11.0. The molecule has 0 aromatic heterocycles. The molecule has 0 radical (unpaired) electrons. The van der Waals surface area contributed by atoms with Gasteiger partial charge in [0.1, 0.15) is 6.29 Å². The number of piperazine rings is 1. The van der Waals surface area contributed by atoms with E-state index in [1.165, 1.54) is 30.8 Å². The van der Waals surface area contributed by atoms with Crippen molar-refractivity contribution < 1.29 is 9.69 Å². The van der Waals surface area contributed by atoms with E-state index in [-0.39, 0.29) is 0 Å². The van der Waals surface area contributed by atoms with Gasteiger partial charge in [0.05, 0.1) is 32.2 Å². The lowest BCUT2D eigenvalue weighted by atomic mass is 10.0. The van der Waals surface area contributed by atoms with Gasteiger partial charge in [-0.3, -0.25) is 4.79 Å². The molecule has 1 aromatic carbocycles. The summed E-state index contributed by atoms with van der Waals surface area (Å²) in [6.07, 6.45) is 2.21. The molecule has 0 unspecified atom stereocenters. The van der Waals surface area contributed by atoms with Crippen LogP contribution in [-0.4, -0.2) is 38.5 Å². The second-order valence-corrected chi connectivity index (χ2v) is 6.07. The topological polar surface area (TPSA) is 24.8 Å². The van der Waals surface area contributed by atoms with Crippen LogP contribution in [0.2, 0.25) is 0 Å². The van der Waals surface area contributed by atoms with Crippen molar-refractivity contribution in [1.82, 2.24) is 0 Å². The van der Waals surface area contributed by atoms with E-state index >= 15 is 0 Å². The lowest BCUT2D eigenvalue weighted by molar-refractivity contribution is -0.924. The molecule has 1 aromatic rings. The fourth-order valence-electron chi connectivity index (χ4n) is 3.11. The molecule has 0 spiro atoms. The Morgan fingerprint density at radius 2 is 1.90 bits per heavy atom. The van der Waals surface area contributed by atoms with Gasteiger partial charge in [0.15, 0.2) is 0 Å². The van der Waals surface area contributed by atoms with Gasteiger partial charge in [-0.25, -0.2) is 0 Å². The molecular weight excluding hydrogens is 248 g/mol. The molecule has 3 heteroatoms. The molecule has 0 bridgehead atoms. The third-order valence-electron chi connectivity index (χ3n) is 4.77. The fourth-order valence-corrected chi connectivity index (χ4v) is 3.11. The quantitative estimate of drug-likeness (QED) is 0.845. The first-order valence-electron chi connectivity index (χ1n) is 7.72. The van der Waals surface area contributed by atoms with Crippen LogP contribution < -0.4 is 9.80 Å². The number of aldehydes is 1. The highest BCUT2D eigenvalue weighted by atomic mass is 16.1. The summed E-state index contributed by atoms with van der Waals surface area (Å²) in [5.74, 6) is 0. The van der Waals surface area contributed by atoms with E-state index < -0.39 is 0 Å². The summed E-state index contributed by atoms with van der Waals surface area (Å²) in [5, 5.41) is 0. The van der Waals surface area contributed by atoms with Crippen LogP contribution in [0.3, 0.4) is 0 Å². The van der Waals surface area contributed by atoms with Gasteiger partial charge in [-0.15, -0.1) is 0 Å². The molecule has 110 valence electrons. The number of aryl methyl sites for hydroxylation is 2. The summed E-state index contributed by atoms with van der Waals surface area (Å²) >= 11 is 0. The van der Waals surface area contributed by atoms with Gasteiger partial charge < -0.3 is 9.80 Å². The highest BCUT2D eigenvalue weighted by molar-refractivity contribution is 5.79. The van der Waals surface area contributed by atoms with Crippen LogP contribution >= 0.6 is 0 Å². The molecule has 3 nitrogen and oxygen atoms in total. The van der Waals surface area contributed by atoms with E-state index in [2.05, 4.69) is 31.7 Å². The van der Waals surface area contributed by atoms with Gasteiger partial charge in [-0.2, -0.15) is 0 Å². The van der Waals surface area contributed by atoms with E-state index in [1.54, 1.807) is 4.90 Å². The molecule has 1 aliphatic heterocycles. The number of carbonyl (C=O) groups is 1. The van der Waals surface area contributed by atoms with Gasteiger partial charge in [0.2, 0.25) is 0 Å². The number of benzene rings is 1. The van der Waals surface area contributed by atoms with Gasteiger partial charge in [-0.05, 0) is 50.5 Å². The molecular formula is C17H27N2O+. The Hall–Kier alpha value is -1.35. The Bertz CT molecular complexity index is 476. The predicted octanol–water partition coefficient (Wildman–Crippen LogP) is 1.62. The van der Waals surface area contributed by atoms with Crippen LogP contribution in [-0.2, 0) is 0 Å². The van der Waals surface area contributed by atoms with E-state index in [0.717, 1.165) is 36.5 Å². The number of hydrogen-bond donors (Lipinski definition) is 1. The molecule has 1 N–H and O–H groups in total. The van der Waals surface area contributed by atoms with Crippen LogP contribution in [0.15, 0.2) is 12.1 Å². The summed E-state index contributed by atoms with van der Waals surface area (Å²) in [5.41, 5.74) is 4.41. The molecule has 1 heterocycles. The average Bonchev–Trinajstić information content (AvgIpc) is 2.48. The normalized spacial score (nSPS) is 18.1. The number of rotatable bonds is 4. The smallest absolute Gasteiger partial charge is 0.150 e. The highest BCUT2D eigenvalue weighted by Crippen LogP contribution is 2.23. The molecule has 0 aliphatic carbocycles. The molecule has 1 fully saturated rings. The van der Waals surface area contributed by atoms with Crippen LogP contribution in [0.1, 0.15) is 41.8 Å². The van der Waals surface area contributed by atoms with Crippen LogP contribution in [0.4, 0.5) is 5.69 Å². The van der Waals surface area contributed by atoms with Gasteiger partial charge in [0, 0.05) is 11.3 Å². The summed E-state index contributed by atoms with van der Waals surface area (Å²) in [4.78, 5) is 15.2. The lowest BCUT2D eigenvalue weighted by Crippen LogP contribution is -3.17. The zero-order valence-corrected chi connectivity index (χ0v) is 13.2. The maximum Gasteiger partial charge on any atom is 0.150 e. The van der Waals surface area contributed by atoms with E-state index in [1.807, 2.05) is 13.0 Å². The molecule has 1 aliphatic rings. The molecule has 1 saturated heterocycles. The summed E-state index contributed by atoms with van der Waals surface area (Å²) in [7, 11) is 0. The van der Waals surface area contributed by atoms with Crippen molar-refractivity contribution in [2.75, 3.05) is 31.1 Å². The van der Waals surface area contributed by atoms with Crippen molar-refractivity contribution in [2.24, 2.45) is 0 Å². The number of nitrogens with zero attached hydrogens (tertiary/aromatic N) is 1. The second-order valence-electron chi connectivity index (χ2n) is 6.07. The number of quaternary nitrogens is 1. The van der Waals surface area contributed by atoms with Crippen molar-refractivity contribution in [1.29, 1.82) is 0 Å². The summed E-state index contributed by atoms with van der Waals surface area (Å²) in [6, 6.07) is 4.95. The molecule has 2 rings (SSSR count). The first-order chi connectivity index (χ1) is 9.56. The second kappa shape index (κ2) is 6.40. The number of anilines is 1. The first kappa shape index (κ1) is 15.0. The molecule has 20 heavy (non-hydrogen) atoms. The Labute approximate surface area is 122 Å². The largest absolute Gasteiger partial charge is 0.360 e. The molecule has 1 atom stereocenters. The van der Waals surface area contributed by atoms with E-state index in [4.69, 9.17) is 0 Å². The van der Waals surface area contributed by atoms with Gasteiger partial charge in [-0.1, -0.05) is 6.92 Å². The summed E-state index contributed by atoms with van der Waals surface area (Å²) in [6.45, 7) is 13.4. The van der Waals surface area contributed by atoms with Crippen molar-refractivity contribution in [3.8, 4) is 0 Å².